The van der Waals surface area contributed by atoms with Crippen molar-refractivity contribution in [3.8, 4) is 11.8 Å². The average molecular weight is 323 g/mol. The highest BCUT2D eigenvalue weighted by molar-refractivity contribution is 7.91. The molecule has 3 atom stereocenters. The van der Waals surface area contributed by atoms with Crippen LogP contribution in [0, 0.1) is 16.7 Å². The van der Waals surface area contributed by atoms with Crippen molar-refractivity contribution in [3.05, 3.63) is 29.8 Å². The lowest BCUT2D eigenvalue weighted by Crippen LogP contribution is -2.24. The Bertz CT molecular complexity index is 719. The van der Waals surface area contributed by atoms with Gasteiger partial charge in [-0.2, -0.15) is 5.26 Å². The summed E-state index contributed by atoms with van der Waals surface area (Å²) in [6, 6.07) is 8.55. The van der Waals surface area contributed by atoms with Crippen molar-refractivity contribution in [2.75, 3.05) is 20.0 Å². The van der Waals surface area contributed by atoms with E-state index in [4.69, 9.17) is 9.47 Å². The highest BCUT2D eigenvalue weighted by atomic mass is 32.2. The molecule has 118 valence electrons. The molecule has 0 aromatic heterocycles. The van der Waals surface area contributed by atoms with E-state index in [9.17, 15) is 18.5 Å². The number of nitrogens with zero attached hydrogens (tertiary/aromatic N) is 1. The molecule has 0 bridgehead atoms. The predicted molar refractivity (Wildman–Crippen MR) is 79.0 cm³/mol. The van der Waals surface area contributed by atoms with Crippen LogP contribution in [0.5, 0.6) is 5.75 Å². The van der Waals surface area contributed by atoms with E-state index < -0.39 is 32.4 Å². The Kier molecular flexibility index (Phi) is 4.16. The molecule has 0 radical (unpaired) electrons. The Morgan fingerprint density at radius 3 is 2.36 bits per heavy atom. The second kappa shape index (κ2) is 5.61. The van der Waals surface area contributed by atoms with Gasteiger partial charge in [-0.1, -0.05) is 12.1 Å². The van der Waals surface area contributed by atoms with Gasteiger partial charge in [0, 0.05) is 12.2 Å². The maximum atomic E-state index is 12.2. The minimum atomic E-state index is -3.58. The number of methoxy groups -OCH3 is 1. The van der Waals surface area contributed by atoms with Crippen LogP contribution in [-0.2, 0) is 19.4 Å². The molecule has 22 heavy (non-hydrogen) atoms. The fraction of sp³-hybridized carbons (Fsp3) is 0.467. The van der Waals surface area contributed by atoms with E-state index in [-0.39, 0.29) is 6.61 Å². The van der Waals surface area contributed by atoms with Crippen molar-refractivity contribution in [3.63, 3.8) is 0 Å². The molecule has 1 aromatic carbocycles. The van der Waals surface area contributed by atoms with Gasteiger partial charge >= 0.3 is 5.97 Å². The van der Waals surface area contributed by atoms with E-state index in [1.165, 1.54) is 7.11 Å². The van der Waals surface area contributed by atoms with E-state index in [0.717, 1.165) is 6.26 Å². The molecule has 7 heteroatoms. The Labute approximate surface area is 129 Å². The molecule has 0 amide bonds. The summed E-state index contributed by atoms with van der Waals surface area (Å²) in [5, 5.41) is 8.39. The van der Waals surface area contributed by atoms with Crippen molar-refractivity contribution >= 4 is 15.8 Å². The monoisotopic (exact) mass is 323 g/mol. The fourth-order valence-electron chi connectivity index (χ4n) is 2.86. The third-order valence-electron chi connectivity index (χ3n) is 3.87. The minimum Gasteiger partial charge on any atom is -0.497 e. The van der Waals surface area contributed by atoms with Crippen LogP contribution in [0.1, 0.15) is 18.4 Å². The maximum absolute atomic E-state index is 12.2. The quantitative estimate of drug-likeness (QED) is 0.758. The summed E-state index contributed by atoms with van der Waals surface area (Å²) in [5.41, 5.74) is -1.07. The predicted octanol–water partition coefficient (Wildman–Crippen LogP) is 1.28. The number of benzene rings is 1. The maximum Gasteiger partial charge on any atom is 0.328 e. The number of esters is 1. The number of ether oxygens (including phenoxy) is 2. The first-order valence-electron chi connectivity index (χ1n) is 6.74. The molecule has 1 aliphatic carbocycles. The zero-order valence-corrected chi connectivity index (χ0v) is 13.4. The number of rotatable bonds is 5. The summed E-state index contributed by atoms with van der Waals surface area (Å²) in [7, 11) is -2.06. The van der Waals surface area contributed by atoms with Gasteiger partial charge in [0.2, 0.25) is 0 Å². The Morgan fingerprint density at radius 1 is 1.36 bits per heavy atom. The van der Waals surface area contributed by atoms with Crippen molar-refractivity contribution in [1.82, 2.24) is 0 Å². The molecule has 1 aromatic rings. The van der Waals surface area contributed by atoms with Crippen molar-refractivity contribution < 1.29 is 22.7 Å². The first-order valence-corrected chi connectivity index (χ1v) is 8.69. The summed E-state index contributed by atoms with van der Waals surface area (Å²) in [6.45, 7) is 1.71. The largest absolute Gasteiger partial charge is 0.497 e. The Balaban J connectivity index is 2.47. The van der Waals surface area contributed by atoms with Gasteiger partial charge in [0.05, 0.1) is 19.8 Å². The lowest BCUT2D eigenvalue weighted by molar-refractivity contribution is -0.147. The van der Waals surface area contributed by atoms with Crippen LogP contribution >= 0.6 is 0 Å². The van der Waals surface area contributed by atoms with Crippen LogP contribution in [0.3, 0.4) is 0 Å². The third-order valence-corrected chi connectivity index (χ3v) is 5.43. The molecule has 1 aliphatic rings. The van der Waals surface area contributed by atoms with Crippen LogP contribution < -0.4 is 4.74 Å². The smallest absolute Gasteiger partial charge is 0.328 e. The van der Waals surface area contributed by atoms with E-state index in [0.29, 0.717) is 11.3 Å². The van der Waals surface area contributed by atoms with Gasteiger partial charge in [-0.25, -0.2) is 8.42 Å². The minimum absolute atomic E-state index is 0.0913. The Hall–Kier alpha value is -2.07. The van der Waals surface area contributed by atoms with Crippen molar-refractivity contribution in [1.29, 1.82) is 5.26 Å². The van der Waals surface area contributed by atoms with Gasteiger partial charge in [-0.05, 0) is 24.6 Å². The van der Waals surface area contributed by atoms with Gasteiger partial charge in [0.25, 0.3) is 0 Å². The molecule has 1 fully saturated rings. The first-order chi connectivity index (χ1) is 10.3. The molecule has 0 spiro atoms. The van der Waals surface area contributed by atoms with Gasteiger partial charge in [-0.15, -0.1) is 0 Å². The molecule has 0 N–H and O–H groups in total. The topological polar surface area (TPSA) is 93.5 Å². The highest BCUT2D eigenvalue weighted by Crippen LogP contribution is 2.63. The normalized spacial score (nSPS) is 26.8. The summed E-state index contributed by atoms with van der Waals surface area (Å²) in [6.07, 6.45) is 1.03. The second-order valence-corrected chi connectivity index (χ2v) is 7.37. The number of sulfone groups is 1. The first kappa shape index (κ1) is 16.3. The summed E-state index contributed by atoms with van der Waals surface area (Å²) in [5.74, 6) is -0.898. The standard InChI is InChI=1S/C15H17NO5S/c1-4-21-14(17)15(9-16)12(13(15)22(3,18)19)10-5-7-11(20-2)8-6-10/h5-8,12-13H,4H2,1-3H3/t12-,13-,15-/m0/s1. The van der Waals surface area contributed by atoms with E-state index in [1.54, 1.807) is 31.2 Å². The average Bonchev–Trinajstić information content (AvgIpc) is 3.18. The molecule has 2 rings (SSSR count). The molecular weight excluding hydrogens is 306 g/mol. The van der Waals surface area contributed by atoms with Gasteiger partial charge in [-0.3, -0.25) is 4.79 Å². The molecule has 0 aliphatic heterocycles. The zero-order valence-electron chi connectivity index (χ0n) is 12.6. The van der Waals surface area contributed by atoms with Crippen LogP contribution in [0.2, 0.25) is 0 Å². The molecule has 0 heterocycles. The van der Waals surface area contributed by atoms with Crippen LogP contribution in [-0.4, -0.2) is 39.6 Å². The number of nitriles is 1. The van der Waals surface area contributed by atoms with Crippen molar-refractivity contribution in [2.45, 2.75) is 18.1 Å². The van der Waals surface area contributed by atoms with Crippen LogP contribution in [0.4, 0.5) is 0 Å². The number of hydrogen-bond acceptors (Lipinski definition) is 6. The SMILES string of the molecule is CCOC(=O)[C@@]1(C#N)[C@@H](c2ccc(OC)cc2)[C@@H]1S(C)(=O)=O. The number of carbonyl (C=O) groups is 1. The van der Waals surface area contributed by atoms with Gasteiger partial charge in [0.15, 0.2) is 15.3 Å². The van der Waals surface area contributed by atoms with Gasteiger partial charge < -0.3 is 9.47 Å². The molecule has 1 saturated carbocycles. The van der Waals surface area contributed by atoms with E-state index in [2.05, 4.69) is 0 Å². The van der Waals surface area contributed by atoms with Crippen LogP contribution in [0.15, 0.2) is 24.3 Å². The van der Waals surface area contributed by atoms with E-state index in [1.807, 2.05) is 6.07 Å². The highest BCUT2D eigenvalue weighted by Gasteiger charge is 2.76. The molecule has 0 unspecified atom stereocenters. The fourth-order valence-corrected chi connectivity index (χ4v) is 4.62. The molecular formula is C15H17NO5S. The number of carbonyl (C=O) groups excluding carboxylic acids is 1. The summed E-state index contributed by atoms with van der Waals surface area (Å²) < 4.78 is 34.0. The van der Waals surface area contributed by atoms with E-state index >= 15 is 0 Å². The molecule has 6 nitrogen and oxygen atoms in total. The second-order valence-electron chi connectivity index (χ2n) is 5.20. The lowest BCUT2D eigenvalue weighted by Gasteiger charge is -2.08. The summed E-state index contributed by atoms with van der Waals surface area (Å²) in [4.78, 5) is 12.2. The Morgan fingerprint density at radius 2 is 1.95 bits per heavy atom. The van der Waals surface area contributed by atoms with Crippen molar-refractivity contribution in [2.24, 2.45) is 5.41 Å². The third kappa shape index (κ3) is 2.44. The van der Waals surface area contributed by atoms with Crippen LogP contribution in [0.25, 0.3) is 0 Å². The number of hydrogen-bond donors (Lipinski definition) is 0. The zero-order chi connectivity index (χ0) is 16.5. The lowest BCUT2D eigenvalue weighted by atomic mass is 10.0. The van der Waals surface area contributed by atoms with Gasteiger partial charge in [0.1, 0.15) is 11.0 Å². The summed E-state index contributed by atoms with van der Waals surface area (Å²) >= 11 is 0. The molecule has 0 saturated heterocycles.